The molecule has 1 saturated heterocycles. The number of carbonyl (C=O) groups excluding carboxylic acids is 1. The summed E-state index contributed by atoms with van der Waals surface area (Å²) in [6.45, 7) is 0.530. The molecule has 3 atom stereocenters. The van der Waals surface area contributed by atoms with Crippen molar-refractivity contribution < 1.29 is 19.1 Å². The largest absolute Gasteiger partial charge is 0.480 e. The van der Waals surface area contributed by atoms with Crippen molar-refractivity contribution >= 4 is 11.9 Å². The minimum atomic E-state index is -0.915. The number of piperidine rings is 1. The summed E-state index contributed by atoms with van der Waals surface area (Å²) in [4.78, 5) is 25.3. The van der Waals surface area contributed by atoms with Gasteiger partial charge in [0, 0.05) is 12.5 Å². The fourth-order valence-electron chi connectivity index (χ4n) is 3.21. The van der Waals surface area contributed by atoms with E-state index in [-0.39, 0.29) is 23.6 Å². The molecule has 1 amide bonds. The van der Waals surface area contributed by atoms with E-state index in [0.29, 0.717) is 13.0 Å². The molecule has 1 heterocycles. The first-order valence-corrected chi connectivity index (χ1v) is 7.36. The van der Waals surface area contributed by atoms with E-state index in [0.717, 1.165) is 24.8 Å². The summed E-state index contributed by atoms with van der Waals surface area (Å²) in [5.41, 5.74) is 0.957. The van der Waals surface area contributed by atoms with E-state index in [1.807, 2.05) is 0 Å². The van der Waals surface area contributed by atoms with Crippen molar-refractivity contribution in [3.8, 4) is 0 Å². The van der Waals surface area contributed by atoms with Crippen molar-refractivity contribution in [2.24, 2.45) is 5.92 Å². The van der Waals surface area contributed by atoms with Gasteiger partial charge < -0.3 is 10.0 Å². The summed E-state index contributed by atoms with van der Waals surface area (Å²) in [5.74, 6) is -1.30. The fourth-order valence-corrected chi connectivity index (χ4v) is 3.21. The first kappa shape index (κ1) is 14.0. The average Bonchev–Trinajstić information content (AvgIpc) is 3.27. The first-order valence-electron chi connectivity index (χ1n) is 7.36. The molecule has 1 N–H and O–H groups in total. The molecule has 2 aliphatic rings. The van der Waals surface area contributed by atoms with Crippen LogP contribution in [0.3, 0.4) is 0 Å². The second-order valence-electron chi connectivity index (χ2n) is 5.88. The molecule has 0 unspecified atom stereocenters. The zero-order chi connectivity index (χ0) is 15.0. The van der Waals surface area contributed by atoms with Gasteiger partial charge in [-0.05, 0) is 49.3 Å². The van der Waals surface area contributed by atoms with Crippen LogP contribution in [-0.2, 0) is 9.59 Å². The minimum absolute atomic E-state index is 0.0589. The van der Waals surface area contributed by atoms with Crippen molar-refractivity contribution in [3.63, 3.8) is 0 Å². The number of carboxylic acid groups (broad SMARTS) is 1. The molecule has 0 aromatic heterocycles. The SMILES string of the molecule is O=C(O)[C@H]1CCCCN1C(=O)[C@@H]1C[C@H]1c1ccc(F)cc1. The van der Waals surface area contributed by atoms with Crippen LogP contribution in [0.5, 0.6) is 0 Å². The first-order chi connectivity index (χ1) is 10.1. The summed E-state index contributed by atoms with van der Waals surface area (Å²) in [6.07, 6.45) is 2.98. The number of rotatable bonds is 3. The van der Waals surface area contributed by atoms with Gasteiger partial charge in [-0.15, -0.1) is 0 Å². The maximum absolute atomic E-state index is 12.9. The Bertz CT molecular complexity index is 557. The van der Waals surface area contributed by atoms with Gasteiger partial charge in [0.2, 0.25) is 5.91 Å². The molecule has 1 aliphatic carbocycles. The smallest absolute Gasteiger partial charge is 0.326 e. The predicted octanol–water partition coefficient (Wildman–Crippen LogP) is 2.39. The minimum Gasteiger partial charge on any atom is -0.480 e. The van der Waals surface area contributed by atoms with Crippen molar-refractivity contribution in [2.75, 3.05) is 6.54 Å². The summed E-state index contributed by atoms with van der Waals surface area (Å²) >= 11 is 0. The Labute approximate surface area is 122 Å². The van der Waals surface area contributed by atoms with Gasteiger partial charge in [0.1, 0.15) is 11.9 Å². The van der Waals surface area contributed by atoms with Gasteiger partial charge in [0.05, 0.1) is 0 Å². The highest BCUT2D eigenvalue weighted by atomic mass is 19.1. The van der Waals surface area contributed by atoms with Gasteiger partial charge in [0.25, 0.3) is 0 Å². The zero-order valence-corrected chi connectivity index (χ0v) is 11.7. The van der Waals surface area contributed by atoms with Crippen LogP contribution in [0.25, 0.3) is 0 Å². The monoisotopic (exact) mass is 291 g/mol. The molecule has 21 heavy (non-hydrogen) atoms. The molecule has 3 rings (SSSR count). The van der Waals surface area contributed by atoms with E-state index in [2.05, 4.69) is 0 Å². The summed E-state index contributed by atoms with van der Waals surface area (Å²) in [6, 6.07) is 5.53. The maximum atomic E-state index is 12.9. The van der Waals surface area contributed by atoms with E-state index < -0.39 is 12.0 Å². The number of benzene rings is 1. The lowest BCUT2D eigenvalue weighted by Crippen LogP contribution is -2.48. The van der Waals surface area contributed by atoms with Crippen LogP contribution in [0.15, 0.2) is 24.3 Å². The summed E-state index contributed by atoms with van der Waals surface area (Å²) in [5, 5.41) is 9.24. The second-order valence-corrected chi connectivity index (χ2v) is 5.88. The molecule has 1 saturated carbocycles. The van der Waals surface area contributed by atoms with Crippen molar-refractivity contribution in [1.82, 2.24) is 4.90 Å². The second kappa shape index (κ2) is 5.47. The number of carbonyl (C=O) groups is 2. The lowest BCUT2D eigenvalue weighted by Gasteiger charge is -2.33. The number of carboxylic acids is 1. The zero-order valence-electron chi connectivity index (χ0n) is 11.7. The van der Waals surface area contributed by atoms with Crippen LogP contribution in [0.4, 0.5) is 4.39 Å². The lowest BCUT2D eigenvalue weighted by molar-refractivity contribution is -0.152. The average molecular weight is 291 g/mol. The predicted molar refractivity (Wildman–Crippen MR) is 74.2 cm³/mol. The van der Waals surface area contributed by atoms with Crippen LogP contribution in [-0.4, -0.2) is 34.5 Å². The van der Waals surface area contributed by atoms with E-state index in [4.69, 9.17) is 0 Å². The number of hydrogen-bond acceptors (Lipinski definition) is 2. The summed E-state index contributed by atoms with van der Waals surface area (Å²) < 4.78 is 12.9. The van der Waals surface area contributed by atoms with Gasteiger partial charge in [-0.25, -0.2) is 9.18 Å². The third-order valence-corrected chi connectivity index (χ3v) is 4.48. The molecule has 112 valence electrons. The number of aliphatic carboxylic acids is 1. The number of likely N-dealkylation sites (tertiary alicyclic amines) is 1. The van der Waals surface area contributed by atoms with Gasteiger partial charge >= 0.3 is 5.97 Å². The van der Waals surface area contributed by atoms with Crippen molar-refractivity contribution in [2.45, 2.75) is 37.6 Å². The Balaban J connectivity index is 1.69. The quantitative estimate of drug-likeness (QED) is 0.930. The topological polar surface area (TPSA) is 57.6 Å². The van der Waals surface area contributed by atoms with E-state index in [9.17, 15) is 19.1 Å². The highest BCUT2D eigenvalue weighted by Gasteiger charge is 2.48. The van der Waals surface area contributed by atoms with E-state index >= 15 is 0 Å². The highest BCUT2D eigenvalue weighted by Crippen LogP contribution is 2.49. The van der Waals surface area contributed by atoms with E-state index in [1.54, 1.807) is 12.1 Å². The van der Waals surface area contributed by atoms with Gasteiger partial charge in [0.15, 0.2) is 0 Å². The molecular weight excluding hydrogens is 273 g/mol. The molecular formula is C16H18FNO3. The van der Waals surface area contributed by atoms with Crippen LogP contribution < -0.4 is 0 Å². The van der Waals surface area contributed by atoms with Gasteiger partial charge in [-0.3, -0.25) is 4.79 Å². The number of amides is 1. The number of hydrogen-bond donors (Lipinski definition) is 1. The van der Waals surface area contributed by atoms with Crippen molar-refractivity contribution in [1.29, 1.82) is 0 Å². The summed E-state index contributed by atoms with van der Waals surface area (Å²) in [7, 11) is 0. The third kappa shape index (κ3) is 2.77. The molecule has 0 spiro atoms. The lowest BCUT2D eigenvalue weighted by atomic mass is 10.0. The molecule has 0 bridgehead atoms. The molecule has 1 aliphatic heterocycles. The molecule has 1 aromatic carbocycles. The maximum Gasteiger partial charge on any atom is 0.326 e. The molecule has 4 nitrogen and oxygen atoms in total. The van der Waals surface area contributed by atoms with Crippen LogP contribution in [0, 0.1) is 11.7 Å². The van der Waals surface area contributed by atoms with E-state index in [1.165, 1.54) is 17.0 Å². The number of nitrogens with zero attached hydrogens (tertiary/aromatic N) is 1. The standard InChI is InChI=1S/C16H18FNO3/c17-11-6-4-10(5-7-11)12-9-13(12)15(19)18-8-2-1-3-14(18)16(20)21/h4-7,12-14H,1-3,8-9H2,(H,20,21)/t12-,13+,14+/m0/s1. The van der Waals surface area contributed by atoms with Gasteiger partial charge in [-0.1, -0.05) is 12.1 Å². The molecule has 5 heteroatoms. The van der Waals surface area contributed by atoms with Crippen LogP contribution >= 0.6 is 0 Å². The number of halogens is 1. The third-order valence-electron chi connectivity index (χ3n) is 4.48. The van der Waals surface area contributed by atoms with Crippen LogP contribution in [0.2, 0.25) is 0 Å². The Morgan fingerprint density at radius 3 is 2.57 bits per heavy atom. The Morgan fingerprint density at radius 2 is 1.90 bits per heavy atom. The van der Waals surface area contributed by atoms with Crippen LogP contribution in [0.1, 0.15) is 37.2 Å². The Morgan fingerprint density at radius 1 is 1.19 bits per heavy atom. The highest BCUT2D eigenvalue weighted by molar-refractivity contribution is 5.87. The molecule has 2 fully saturated rings. The fraction of sp³-hybridized carbons (Fsp3) is 0.500. The molecule has 0 radical (unpaired) electrons. The Hall–Kier alpha value is -1.91. The molecule has 1 aromatic rings. The van der Waals surface area contributed by atoms with Gasteiger partial charge in [-0.2, -0.15) is 0 Å². The normalized spacial score (nSPS) is 28.2. The Kier molecular flexibility index (Phi) is 3.66. The van der Waals surface area contributed by atoms with Crippen molar-refractivity contribution in [3.05, 3.63) is 35.6 Å².